The molecule has 16 heavy (non-hydrogen) atoms. The molecule has 2 atom stereocenters. The SMILES string of the molecule is OCC(O)C(O)c1c[nH]c2c(Cl)ncnc12. The fourth-order valence-electron chi connectivity index (χ4n) is 1.46. The number of fused-ring (bicyclic) bond motifs is 1. The summed E-state index contributed by atoms with van der Waals surface area (Å²) < 4.78 is 0. The van der Waals surface area contributed by atoms with E-state index in [-0.39, 0.29) is 5.15 Å². The van der Waals surface area contributed by atoms with Gasteiger partial charge >= 0.3 is 0 Å². The smallest absolute Gasteiger partial charge is 0.156 e. The Morgan fingerprint density at radius 1 is 1.38 bits per heavy atom. The van der Waals surface area contributed by atoms with Gasteiger partial charge in [-0.3, -0.25) is 0 Å². The van der Waals surface area contributed by atoms with Crippen LogP contribution in [0.5, 0.6) is 0 Å². The molecule has 2 aromatic rings. The van der Waals surface area contributed by atoms with Crippen LogP contribution in [0.3, 0.4) is 0 Å². The molecule has 0 bridgehead atoms. The maximum Gasteiger partial charge on any atom is 0.156 e. The van der Waals surface area contributed by atoms with Crippen LogP contribution in [0.1, 0.15) is 11.7 Å². The highest BCUT2D eigenvalue weighted by Crippen LogP contribution is 2.27. The second kappa shape index (κ2) is 4.34. The Bertz CT molecular complexity index is 502. The maximum absolute atomic E-state index is 9.73. The number of nitrogens with one attached hydrogen (secondary N) is 1. The highest BCUT2D eigenvalue weighted by molar-refractivity contribution is 6.33. The van der Waals surface area contributed by atoms with E-state index in [1.807, 2.05) is 0 Å². The molecular formula is C9H10ClN3O3. The second-order valence-corrected chi connectivity index (χ2v) is 3.68. The Labute approximate surface area is 95.5 Å². The number of halogens is 1. The summed E-state index contributed by atoms with van der Waals surface area (Å²) in [5.41, 5.74) is 1.30. The summed E-state index contributed by atoms with van der Waals surface area (Å²) in [5, 5.41) is 28.1. The third kappa shape index (κ3) is 1.76. The van der Waals surface area contributed by atoms with Gasteiger partial charge in [-0.15, -0.1) is 0 Å². The van der Waals surface area contributed by atoms with Crippen molar-refractivity contribution in [1.82, 2.24) is 15.0 Å². The van der Waals surface area contributed by atoms with Gasteiger partial charge in [0.05, 0.1) is 12.1 Å². The van der Waals surface area contributed by atoms with E-state index in [1.165, 1.54) is 12.5 Å². The number of hydrogen-bond donors (Lipinski definition) is 4. The van der Waals surface area contributed by atoms with Gasteiger partial charge in [-0.1, -0.05) is 11.6 Å². The summed E-state index contributed by atoms with van der Waals surface area (Å²) in [7, 11) is 0. The fraction of sp³-hybridized carbons (Fsp3) is 0.333. The zero-order chi connectivity index (χ0) is 11.7. The van der Waals surface area contributed by atoms with Crippen LogP contribution >= 0.6 is 11.6 Å². The quantitative estimate of drug-likeness (QED) is 0.568. The summed E-state index contributed by atoms with van der Waals surface area (Å²) in [6.45, 7) is -0.535. The molecule has 0 fully saturated rings. The van der Waals surface area contributed by atoms with E-state index in [4.69, 9.17) is 16.7 Å². The molecule has 4 N–H and O–H groups in total. The molecule has 2 unspecified atom stereocenters. The number of aromatic amines is 1. The molecular weight excluding hydrogens is 234 g/mol. The summed E-state index contributed by atoms with van der Waals surface area (Å²) in [6, 6.07) is 0. The van der Waals surface area contributed by atoms with Crippen LogP contribution in [0.4, 0.5) is 0 Å². The number of H-pyrrole nitrogens is 1. The molecule has 0 radical (unpaired) electrons. The lowest BCUT2D eigenvalue weighted by Crippen LogP contribution is -2.21. The molecule has 0 aliphatic heterocycles. The predicted octanol–water partition coefficient (Wildman–Crippen LogP) is -0.00210. The Kier molecular flexibility index (Phi) is 3.06. The highest BCUT2D eigenvalue weighted by atomic mass is 35.5. The number of aliphatic hydroxyl groups is 3. The number of aromatic nitrogens is 3. The molecule has 0 amide bonds. The van der Waals surface area contributed by atoms with Crippen molar-refractivity contribution in [2.45, 2.75) is 12.2 Å². The lowest BCUT2D eigenvalue weighted by Gasteiger charge is -2.14. The van der Waals surface area contributed by atoms with Crippen LogP contribution in [0, 0.1) is 0 Å². The van der Waals surface area contributed by atoms with Crippen molar-refractivity contribution in [3.63, 3.8) is 0 Å². The standard InChI is InChI=1S/C9H10ClN3O3/c10-9-7-6(12-3-13-9)4(1-11-7)8(16)5(15)2-14/h1,3,5,8,11,14-16H,2H2. The van der Waals surface area contributed by atoms with Crippen LogP contribution in [0.15, 0.2) is 12.5 Å². The number of hydrogen-bond acceptors (Lipinski definition) is 5. The lowest BCUT2D eigenvalue weighted by atomic mass is 10.1. The zero-order valence-corrected chi connectivity index (χ0v) is 8.89. The lowest BCUT2D eigenvalue weighted by molar-refractivity contribution is -0.0146. The first-order valence-corrected chi connectivity index (χ1v) is 4.97. The van der Waals surface area contributed by atoms with Gasteiger partial charge in [-0.2, -0.15) is 0 Å². The summed E-state index contributed by atoms with van der Waals surface area (Å²) in [6.07, 6.45) is 0.270. The molecule has 2 aromatic heterocycles. The Balaban J connectivity index is 2.50. The van der Waals surface area contributed by atoms with Crippen molar-refractivity contribution in [3.05, 3.63) is 23.2 Å². The van der Waals surface area contributed by atoms with Crippen LogP contribution in [0.2, 0.25) is 5.15 Å². The van der Waals surface area contributed by atoms with E-state index in [0.29, 0.717) is 16.6 Å². The topological polar surface area (TPSA) is 102 Å². The van der Waals surface area contributed by atoms with Crippen LogP contribution in [0.25, 0.3) is 11.0 Å². The molecule has 7 heteroatoms. The zero-order valence-electron chi connectivity index (χ0n) is 8.13. The van der Waals surface area contributed by atoms with Crippen molar-refractivity contribution in [2.24, 2.45) is 0 Å². The number of aliphatic hydroxyl groups excluding tert-OH is 3. The first-order chi connectivity index (χ1) is 7.65. The van der Waals surface area contributed by atoms with Gasteiger partial charge in [0.25, 0.3) is 0 Å². The minimum absolute atomic E-state index is 0.238. The molecule has 6 nitrogen and oxygen atoms in total. The Morgan fingerprint density at radius 3 is 2.81 bits per heavy atom. The van der Waals surface area contributed by atoms with Gasteiger partial charge in [0.1, 0.15) is 24.1 Å². The third-order valence-electron chi connectivity index (χ3n) is 2.32. The fourth-order valence-corrected chi connectivity index (χ4v) is 1.65. The van der Waals surface area contributed by atoms with Crippen molar-refractivity contribution < 1.29 is 15.3 Å². The minimum Gasteiger partial charge on any atom is -0.394 e. The van der Waals surface area contributed by atoms with Gasteiger partial charge in [0.15, 0.2) is 5.15 Å². The molecule has 0 aliphatic rings. The van der Waals surface area contributed by atoms with Crippen LogP contribution < -0.4 is 0 Å². The van der Waals surface area contributed by atoms with E-state index in [1.54, 1.807) is 0 Å². The summed E-state index contributed by atoms with van der Waals surface area (Å²) in [5.74, 6) is 0. The maximum atomic E-state index is 9.73. The van der Waals surface area contributed by atoms with Crippen molar-refractivity contribution in [3.8, 4) is 0 Å². The molecule has 0 aromatic carbocycles. The van der Waals surface area contributed by atoms with Crippen LogP contribution in [-0.2, 0) is 0 Å². The number of rotatable bonds is 3. The molecule has 2 heterocycles. The average Bonchev–Trinajstić information content (AvgIpc) is 2.72. The molecule has 2 rings (SSSR count). The molecule has 0 aliphatic carbocycles. The van der Waals surface area contributed by atoms with Crippen molar-refractivity contribution in [1.29, 1.82) is 0 Å². The predicted molar refractivity (Wildman–Crippen MR) is 57.0 cm³/mol. The van der Waals surface area contributed by atoms with Gasteiger partial charge in [0, 0.05) is 11.8 Å². The van der Waals surface area contributed by atoms with Crippen molar-refractivity contribution >= 4 is 22.6 Å². The van der Waals surface area contributed by atoms with E-state index < -0.39 is 18.8 Å². The van der Waals surface area contributed by atoms with Gasteiger partial charge in [-0.25, -0.2) is 9.97 Å². The largest absolute Gasteiger partial charge is 0.394 e. The van der Waals surface area contributed by atoms with E-state index in [9.17, 15) is 10.2 Å². The monoisotopic (exact) mass is 243 g/mol. The second-order valence-electron chi connectivity index (χ2n) is 3.33. The molecule has 0 saturated carbocycles. The van der Waals surface area contributed by atoms with E-state index in [2.05, 4.69) is 15.0 Å². The van der Waals surface area contributed by atoms with E-state index >= 15 is 0 Å². The van der Waals surface area contributed by atoms with Gasteiger partial charge in [0.2, 0.25) is 0 Å². The van der Waals surface area contributed by atoms with Crippen LogP contribution in [-0.4, -0.2) is 43.0 Å². The number of nitrogens with zero attached hydrogens (tertiary/aromatic N) is 2. The molecule has 0 spiro atoms. The molecule has 86 valence electrons. The first kappa shape index (κ1) is 11.3. The minimum atomic E-state index is -1.26. The van der Waals surface area contributed by atoms with E-state index in [0.717, 1.165) is 0 Å². The highest BCUT2D eigenvalue weighted by Gasteiger charge is 2.22. The average molecular weight is 244 g/mol. The Morgan fingerprint density at radius 2 is 2.12 bits per heavy atom. The van der Waals surface area contributed by atoms with Crippen molar-refractivity contribution in [2.75, 3.05) is 6.61 Å². The summed E-state index contributed by atoms with van der Waals surface area (Å²) >= 11 is 5.81. The normalized spacial score (nSPS) is 15.2. The first-order valence-electron chi connectivity index (χ1n) is 4.59. The third-order valence-corrected chi connectivity index (χ3v) is 2.60. The van der Waals surface area contributed by atoms with Gasteiger partial charge < -0.3 is 20.3 Å². The van der Waals surface area contributed by atoms with Gasteiger partial charge in [-0.05, 0) is 0 Å². The summed E-state index contributed by atoms with van der Waals surface area (Å²) in [4.78, 5) is 10.5. The molecule has 0 saturated heterocycles. The Hall–Kier alpha value is -1.21.